The molecule has 19 heavy (non-hydrogen) atoms. The molecule has 2 N–H and O–H groups in total. The molecule has 1 heterocycles. The van der Waals surface area contributed by atoms with Crippen molar-refractivity contribution in [1.29, 1.82) is 5.26 Å². The highest BCUT2D eigenvalue weighted by Gasteiger charge is 2.12. The molecule has 6 heteroatoms. The second kappa shape index (κ2) is 5.59. The lowest BCUT2D eigenvalue weighted by molar-refractivity contribution is 0.614. The molecule has 0 saturated heterocycles. The van der Waals surface area contributed by atoms with Crippen molar-refractivity contribution in [2.75, 3.05) is 5.73 Å². The summed E-state index contributed by atoms with van der Waals surface area (Å²) in [6, 6.07) is 7.47. The van der Waals surface area contributed by atoms with Gasteiger partial charge in [0.1, 0.15) is 5.82 Å². The second-order valence-electron chi connectivity index (χ2n) is 3.82. The lowest BCUT2D eigenvalue weighted by Gasteiger charge is -2.06. The zero-order valence-electron chi connectivity index (χ0n) is 9.84. The highest BCUT2D eigenvalue weighted by Crippen LogP contribution is 2.19. The fourth-order valence-electron chi connectivity index (χ4n) is 1.55. The summed E-state index contributed by atoms with van der Waals surface area (Å²) in [5, 5.41) is 8.65. The number of pyridine rings is 1. The molecule has 0 spiro atoms. The molecule has 0 radical (unpaired) electrons. The minimum atomic E-state index is -1.45. The predicted molar refractivity (Wildman–Crippen MR) is 69.9 cm³/mol. The van der Waals surface area contributed by atoms with Gasteiger partial charge in [0, 0.05) is 11.8 Å². The van der Waals surface area contributed by atoms with Gasteiger partial charge in [0.05, 0.1) is 45.0 Å². The smallest absolute Gasteiger partial charge is 0.128 e. The summed E-state index contributed by atoms with van der Waals surface area (Å²) >= 11 is 0. The molecule has 0 aliphatic heterocycles. The van der Waals surface area contributed by atoms with Crippen LogP contribution in [0.25, 0.3) is 0 Å². The van der Waals surface area contributed by atoms with E-state index in [1.165, 1.54) is 24.5 Å². The zero-order chi connectivity index (χ0) is 13.8. The molecule has 0 amide bonds. The van der Waals surface area contributed by atoms with Gasteiger partial charge in [-0.2, -0.15) is 5.26 Å². The van der Waals surface area contributed by atoms with E-state index in [9.17, 15) is 8.60 Å². The van der Waals surface area contributed by atoms with Crippen LogP contribution in [0.3, 0.4) is 0 Å². The Morgan fingerprint density at radius 1 is 1.42 bits per heavy atom. The summed E-state index contributed by atoms with van der Waals surface area (Å²) in [6.45, 7) is 0. The maximum atomic E-state index is 13.7. The first-order valence-corrected chi connectivity index (χ1v) is 6.70. The number of aromatic nitrogens is 1. The predicted octanol–water partition coefficient (Wildman–Crippen LogP) is 1.98. The Morgan fingerprint density at radius 2 is 2.21 bits per heavy atom. The molecular weight excluding hydrogens is 265 g/mol. The molecule has 0 aliphatic rings. The average Bonchev–Trinajstić information content (AvgIpc) is 2.41. The Labute approximate surface area is 112 Å². The van der Waals surface area contributed by atoms with Crippen LogP contribution >= 0.6 is 0 Å². The lowest BCUT2D eigenvalue weighted by atomic mass is 10.1. The molecule has 1 aromatic carbocycles. The lowest BCUT2D eigenvalue weighted by Crippen LogP contribution is -2.03. The molecule has 0 aliphatic carbocycles. The minimum absolute atomic E-state index is 0.00571. The summed E-state index contributed by atoms with van der Waals surface area (Å²) in [6.07, 6.45) is 2.89. The van der Waals surface area contributed by atoms with E-state index in [4.69, 9.17) is 11.0 Å². The summed E-state index contributed by atoms with van der Waals surface area (Å²) < 4.78 is 25.8. The van der Waals surface area contributed by atoms with Crippen molar-refractivity contribution in [1.82, 2.24) is 4.98 Å². The number of nitrogen functional groups attached to an aromatic ring is 1. The Morgan fingerprint density at radius 3 is 2.84 bits per heavy atom. The maximum absolute atomic E-state index is 13.7. The van der Waals surface area contributed by atoms with Gasteiger partial charge in [-0.1, -0.05) is 6.07 Å². The van der Waals surface area contributed by atoms with Crippen LogP contribution in [0.5, 0.6) is 0 Å². The fourth-order valence-corrected chi connectivity index (χ4v) is 2.75. The SMILES string of the molecule is N#Cc1ccc(CS(=O)c2ccncc2N)c(F)c1. The molecule has 2 rings (SSSR count). The summed E-state index contributed by atoms with van der Waals surface area (Å²) in [5.74, 6) is -0.536. The third kappa shape index (κ3) is 2.95. The number of benzene rings is 1. The zero-order valence-corrected chi connectivity index (χ0v) is 10.7. The van der Waals surface area contributed by atoms with Crippen LogP contribution in [-0.2, 0) is 16.6 Å². The van der Waals surface area contributed by atoms with Crippen molar-refractivity contribution >= 4 is 16.5 Å². The molecule has 1 atom stereocenters. The van der Waals surface area contributed by atoms with Gasteiger partial charge in [-0.25, -0.2) is 4.39 Å². The van der Waals surface area contributed by atoms with E-state index >= 15 is 0 Å². The number of nitriles is 1. The van der Waals surface area contributed by atoms with Gasteiger partial charge in [0.15, 0.2) is 0 Å². The van der Waals surface area contributed by atoms with Gasteiger partial charge in [0.25, 0.3) is 0 Å². The van der Waals surface area contributed by atoms with Crippen LogP contribution in [0.2, 0.25) is 0 Å². The van der Waals surface area contributed by atoms with E-state index in [1.54, 1.807) is 6.07 Å². The first-order chi connectivity index (χ1) is 9.11. The van der Waals surface area contributed by atoms with Gasteiger partial charge in [0.2, 0.25) is 0 Å². The average molecular weight is 275 g/mol. The van der Waals surface area contributed by atoms with E-state index < -0.39 is 16.6 Å². The number of anilines is 1. The summed E-state index contributed by atoms with van der Waals surface area (Å²) in [7, 11) is -1.45. The second-order valence-corrected chi connectivity index (χ2v) is 5.24. The van der Waals surface area contributed by atoms with Crippen LogP contribution in [0, 0.1) is 17.1 Å². The number of hydrogen-bond acceptors (Lipinski definition) is 4. The van der Waals surface area contributed by atoms with E-state index in [-0.39, 0.29) is 16.9 Å². The van der Waals surface area contributed by atoms with E-state index in [0.717, 1.165) is 6.07 Å². The van der Waals surface area contributed by atoms with Crippen molar-refractivity contribution in [2.24, 2.45) is 0 Å². The van der Waals surface area contributed by atoms with E-state index in [1.807, 2.05) is 6.07 Å². The monoisotopic (exact) mass is 275 g/mol. The molecule has 1 aromatic heterocycles. The molecule has 0 saturated carbocycles. The normalized spacial score (nSPS) is 11.8. The third-order valence-corrected chi connectivity index (χ3v) is 3.96. The fraction of sp³-hybridized carbons (Fsp3) is 0.0769. The maximum Gasteiger partial charge on any atom is 0.128 e. The van der Waals surface area contributed by atoms with E-state index in [2.05, 4.69) is 4.98 Å². The number of nitrogens with zero attached hydrogens (tertiary/aromatic N) is 2. The Bertz CT molecular complexity index is 682. The minimum Gasteiger partial charge on any atom is -0.396 e. The van der Waals surface area contributed by atoms with Gasteiger partial charge >= 0.3 is 0 Å². The standard InChI is InChI=1S/C13H10FN3OS/c14-11-5-9(6-15)1-2-10(11)8-19(18)13-3-4-17-7-12(13)16/h1-5,7H,8,16H2. The van der Waals surface area contributed by atoms with Gasteiger partial charge in [-0.15, -0.1) is 0 Å². The van der Waals surface area contributed by atoms with Crippen molar-refractivity contribution in [2.45, 2.75) is 10.6 Å². The molecule has 2 aromatic rings. The summed E-state index contributed by atoms with van der Waals surface area (Å²) in [5.41, 5.74) is 6.50. The number of nitrogens with two attached hydrogens (primary N) is 1. The molecule has 1 unspecified atom stereocenters. The number of rotatable bonds is 3. The van der Waals surface area contributed by atoms with Crippen molar-refractivity contribution < 1.29 is 8.60 Å². The molecular formula is C13H10FN3OS. The van der Waals surface area contributed by atoms with Crippen LogP contribution in [0.15, 0.2) is 41.6 Å². The van der Waals surface area contributed by atoms with Crippen molar-refractivity contribution in [3.63, 3.8) is 0 Å². The highest BCUT2D eigenvalue weighted by atomic mass is 32.2. The quantitative estimate of drug-likeness (QED) is 0.928. The molecule has 0 fully saturated rings. The van der Waals surface area contributed by atoms with Gasteiger partial charge in [-0.3, -0.25) is 9.19 Å². The number of halogens is 1. The van der Waals surface area contributed by atoms with Crippen LogP contribution < -0.4 is 5.73 Å². The first kappa shape index (κ1) is 13.2. The Balaban J connectivity index is 2.25. The summed E-state index contributed by atoms with van der Waals surface area (Å²) in [4.78, 5) is 4.23. The van der Waals surface area contributed by atoms with E-state index in [0.29, 0.717) is 10.6 Å². The van der Waals surface area contributed by atoms with Gasteiger partial charge < -0.3 is 5.73 Å². The highest BCUT2D eigenvalue weighted by molar-refractivity contribution is 7.84. The van der Waals surface area contributed by atoms with Crippen LogP contribution in [0.1, 0.15) is 11.1 Å². The largest absolute Gasteiger partial charge is 0.396 e. The van der Waals surface area contributed by atoms with Gasteiger partial charge in [-0.05, 0) is 18.2 Å². The third-order valence-electron chi connectivity index (χ3n) is 2.52. The number of hydrogen-bond donors (Lipinski definition) is 1. The first-order valence-electron chi connectivity index (χ1n) is 5.38. The molecule has 4 nitrogen and oxygen atoms in total. The Kier molecular flexibility index (Phi) is 3.88. The van der Waals surface area contributed by atoms with Crippen molar-refractivity contribution in [3.05, 3.63) is 53.6 Å². The van der Waals surface area contributed by atoms with Crippen LogP contribution in [0.4, 0.5) is 10.1 Å². The molecule has 0 bridgehead atoms. The Hall–Kier alpha value is -2.26. The van der Waals surface area contributed by atoms with Crippen molar-refractivity contribution in [3.8, 4) is 6.07 Å². The van der Waals surface area contributed by atoms with Crippen LogP contribution in [-0.4, -0.2) is 9.19 Å². The molecule has 96 valence electrons. The topological polar surface area (TPSA) is 79.8 Å².